The van der Waals surface area contributed by atoms with Gasteiger partial charge in [-0.2, -0.15) is 0 Å². The molecule has 176 valence electrons. The van der Waals surface area contributed by atoms with Crippen molar-refractivity contribution in [3.05, 3.63) is 66.0 Å². The Labute approximate surface area is 194 Å². The van der Waals surface area contributed by atoms with Gasteiger partial charge in [0.1, 0.15) is 11.6 Å². The molecule has 2 aromatic carbocycles. The zero-order valence-corrected chi connectivity index (χ0v) is 19.2. The number of carbonyl (C=O) groups is 2. The summed E-state index contributed by atoms with van der Waals surface area (Å²) >= 11 is 0. The van der Waals surface area contributed by atoms with E-state index in [2.05, 4.69) is 11.9 Å². The number of benzene rings is 2. The fraction of sp³-hybridized carbons (Fsp3) is 0.462. The molecule has 33 heavy (non-hydrogen) atoms. The van der Waals surface area contributed by atoms with Crippen LogP contribution < -0.4 is 4.74 Å². The highest BCUT2D eigenvalue weighted by Gasteiger charge is 2.41. The lowest BCUT2D eigenvalue weighted by atomic mass is 9.77. The number of piperidine rings is 1. The fourth-order valence-electron chi connectivity index (χ4n) is 4.74. The van der Waals surface area contributed by atoms with E-state index in [1.807, 2.05) is 35.2 Å². The van der Waals surface area contributed by atoms with E-state index >= 15 is 0 Å². The average molecular weight is 454 g/mol. The first kappa shape index (κ1) is 23.2. The van der Waals surface area contributed by atoms with E-state index in [0.717, 1.165) is 31.7 Å². The van der Waals surface area contributed by atoms with Gasteiger partial charge < -0.3 is 19.4 Å². The number of hydrogen-bond acceptors (Lipinski definition) is 4. The highest BCUT2D eigenvalue weighted by atomic mass is 19.1. The second-order valence-electron chi connectivity index (χ2n) is 9.27. The van der Waals surface area contributed by atoms with Crippen LogP contribution >= 0.6 is 0 Å². The smallest absolute Gasteiger partial charge is 0.256 e. The maximum Gasteiger partial charge on any atom is 0.256 e. The predicted octanol–water partition coefficient (Wildman–Crippen LogP) is 3.29. The van der Waals surface area contributed by atoms with E-state index in [9.17, 15) is 14.0 Å². The molecule has 2 aliphatic rings. The molecule has 0 N–H and O–H groups in total. The van der Waals surface area contributed by atoms with Gasteiger partial charge in [-0.1, -0.05) is 30.3 Å². The van der Waals surface area contributed by atoms with Crippen molar-refractivity contribution in [2.24, 2.45) is 5.41 Å². The van der Waals surface area contributed by atoms with Crippen molar-refractivity contribution >= 4 is 11.8 Å². The molecule has 2 saturated heterocycles. The number of likely N-dealkylation sites (tertiary alicyclic amines) is 1. The number of rotatable bonds is 6. The molecule has 0 saturated carbocycles. The predicted molar refractivity (Wildman–Crippen MR) is 125 cm³/mol. The normalized spacial score (nSPS) is 21.6. The Morgan fingerprint density at radius 3 is 2.36 bits per heavy atom. The molecular weight excluding hydrogens is 421 g/mol. The van der Waals surface area contributed by atoms with Crippen LogP contribution in [-0.2, 0) is 4.79 Å². The van der Waals surface area contributed by atoms with Crippen molar-refractivity contribution < 1.29 is 18.7 Å². The summed E-state index contributed by atoms with van der Waals surface area (Å²) < 4.78 is 20.4. The first-order valence-corrected chi connectivity index (χ1v) is 11.6. The number of carbonyl (C=O) groups excluding carboxylic acids is 2. The number of likely N-dealkylation sites (N-methyl/N-ethyl adjacent to an activating group) is 1. The molecule has 0 spiro atoms. The van der Waals surface area contributed by atoms with E-state index in [-0.39, 0.29) is 17.4 Å². The fourth-order valence-corrected chi connectivity index (χ4v) is 4.74. The highest BCUT2D eigenvalue weighted by molar-refractivity contribution is 5.94. The highest BCUT2D eigenvalue weighted by Crippen LogP contribution is 2.36. The lowest BCUT2D eigenvalue weighted by Gasteiger charge is -2.43. The molecule has 2 aliphatic heterocycles. The summed E-state index contributed by atoms with van der Waals surface area (Å²) in [5.74, 6) is -0.0157. The van der Waals surface area contributed by atoms with Crippen LogP contribution in [-0.4, -0.2) is 79.4 Å². The minimum absolute atomic E-state index is 0.0719. The number of nitrogens with zero attached hydrogens (tertiary/aromatic N) is 3. The van der Waals surface area contributed by atoms with Crippen LogP contribution in [0.5, 0.6) is 5.75 Å². The Hall–Kier alpha value is -2.93. The van der Waals surface area contributed by atoms with Gasteiger partial charge >= 0.3 is 0 Å². The van der Waals surface area contributed by atoms with Crippen LogP contribution in [0.4, 0.5) is 4.39 Å². The Morgan fingerprint density at radius 1 is 0.939 bits per heavy atom. The summed E-state index contributed by atoms with van der Waals surface area (Å²) in [5, 5.41) is 0. The molecule has 2 heterocycles. The topological polar surface area (TPSA) is 53.1 Å². The van der Waals surface area contributed by atoms with E-state index in [4.69, 9.17) is 4.74 Å². The molecule has 0 aliphatic carbocycles. The number of hydrogen-bond donors (Lipinski definition) is 0. The minimum Gasteiger partial charge on any atom is -0.493 e. The molecule has 0 radical (unpaired) electrons. The molecular formula is C26H32FN3O3. The quantitative estimate of drug-likeness (QED) is 0.674. The van der Waals surface area contributed by atoms with Crippen molar-refractivity contribution in [3.63, 3.8) is 0 Å². The van der Waals surface area contributed by atoms with Crippen molar-refractivity contribution in [1.82, 2.24) is 14.7 Å². The van der Waals surface area contributed by atoms with Crippen molar-refractivity contribution in [2.45, 2.75) is 19.3 Å². The molecule has 4 rings (SSSR count). The van der Waals surface area contributed by atoms with Crippen molar-refractivity contribution in [1.29, 1.82) is 0 Å². The van der Waals surface area contributed by atoms with Gasteiger partial charge in [-0.25, -0.2) is 4.39 Å². The summed E-state index contributed by atoms with van der Waals surface area (Å²) in [5.41, 5.74) is -0.446. The first-order valence-electron chi connectivity index (χ1n) is 11.6. The van der Waals surface area contributed by atoms with Crippen LogP contribution in [0, 0.1) is 11.2 Å². The van der Waals surface area contributed by atoms with E-state index in [0.29, 0.717) is 39.2 Å². The third-order valence-corrected chi connectivity index (χ3v) is 6.72. The van der Waals surface area contributed by atoms with Crippen LogP contribution in [0.1, 0.15) is 29.6 Å². The Balaban J connectivity index is 1.53. The summed E-state index contributed by atoms with van der Waals surface area (Å²) in [4.78, 5) is 32.3. The molecule has 7 heteroatoms. The van der Waals surface area contributed by atoms with Gasteiger partial charge in [-0.15, -0.1) is 0 Å². The molecule has 0 aromatic heterocycles. The monoisotopic (exact) mass is 453 g/mol. The zero-order chi connectivity index (χ0) is 23.3. The third kappa shape index (κ3) is 5.71. The van der Waals surface area contributed by atoms with Crippen LogP contribution in [0.15, 0.2) is 54.6 Å². The standard InChI is InChI=1S/C26H32FN3O3/c1-28-14-16-29(17-15-28)24(31)18-26(20-33-21-8-3-2-4-9-21)12-7-13-30(19-26)25(32)22-10-5-6-11-23(22)27/h2-6,8-11H,7,12-20H2,1H3/t26-/m1/s1. The van der Waals surface area contributed by atoms with Gasteiger partial charge in [0, 0.05) is 51.1 Å². The first-order chi connectivity index (χ1) is 16.0. The minimum atomic E-state index is -0.521. The number of amides is 2. The van der Waals surface area contributed by atoms with E-state index in [1.165, 1.54) is 12.1 Å². The van der Waals surface area contributed by atoms with E-state index in [1.54, 1.807) is 17.0 Å². The molecule has 6 nitrogen and oxygen atoms in total. The zero-order valence-electron chi connectivity index (χ0n) is 19.2. The molecule has 0 bridgehead atoms. The Kier molecular flexibility index (Phi) is 7.28. The van der Waals surface area contributed by atoms with Gasteiger partial charge in [0.25, 0.3) is 5.91 Å². The maximum absolute atomic E-state index is 14.3. The van der Waals surface area contributed by atoms with Gasteiger partial charge in [-0.05, 0) is 44.2 Å². The number of ether oxygens (including phenoxy) is 1. The van der Waals surface area contributed by atoms with E-state index < -0.39 is 11.2 Å². The molecule has 1 atom stereocenters. The van der Waals surface area contributed by atoms with Gasteiger partial charge in [-0.3, -0.25) is 9.59 Å². The van der Waals surface area contributed by atoms with Gasteiger partial charge in [0.2, 0.25) is 5.91 Å². The second-order valence-corrected chi connectivity index (χ2v) is 9.27. The Morgan fingerprint density at radius 2 is 1.64 bits per heavy atom. The molecule has 0 unspecified atom stereocenters. The lowest BCUT2D eigenvalue weighted by molar-refractivity contribution is -0.137. The SMILES string of the molecule is CN1CCN(C(=O)C[C@]2(COc3ccccc3)CCCN(C(=O)c3ccccc3F)C2)CC1. The van der Waals surface area contributed by atoms with Gasteiger partial charge in [0.05, 0.1) is 12.2 Å². The number of para-hydroxylation sites is 1. The van der Waals surface area contributed by atoms with Crippen LogP contribution in [0.2, 0.25) is 0 Å². The summed E-state index contributed by atoms with van der Waals surface area (Å²) in [6.07, 6.45) is 1.83. The van der Waals surface area contributed by atoms with Gasteiger partial charge in [0.15, 0.2) is 0 Å². The molecule has 2 aromatic rings. The summed E-state index contributed by atoms with van der Waals surface area (Å²) in [7, 11) is 2.06. The lowest BCUT2D eigenvalue weighted by Crippen LogP contribution is -2.53. The van der Waals surface area contributed by atoms with Crippen LogP contribution in [0.25, 0.3) is 0 Å². The maximum atomic E-state index is 14.3. The summed E-state index contributed by atoms with van der Waals surface area (Å²) in [6, 6.07) is 15.6. The Bertz CT molecular complexity index is 962. The van der Waals surface area contributed by atoms with Crippen molar-refractivity contribution in [2.75, 3.05) is 52.9 Å². The molecule has 2 fully saturated rings. The largest absolute Gasteiger partial charge is 0.493 e. The molecule has 2 amide bonds. The van der Waals surface area contributed by atoms with Crippen molar-refractivity contribution in [3.8, 4) is 5.75 Å². The summed E-state index contributed by atoms with van der Waals surface area (Å²) in [6.45, 7) is 4.38. The third-order valence-electron chi connectivity index (χ3n) is 6.72. The number of halogens is 1. The average Bonchev–Trinajstić information content (AvgIpc) is 2.84. The van der Waals surface area contributed by atoms with Crippen LogP contribution in [0.3, 0.4) is 0 Å². The second kappa shape index (κ2) is 10.3. The number of piperazine rings is 1.